The summed E-state index contributed by atoms with van der Waals surface area (Å²) in [6, 6.07) is 0. The second-order valence-electron chi connectivity index (χ2n) is 4.92. The van der Waals surface area contributed by atoms with Gasteiger partial charge in [0.1, 0.15) is 0 Å². The third kappa shape index (κ3) is 2.55. The molecule has 0 unspecified atom stereocenters. The molecule has 1 fully saturated rings. The van der Waals surface area contributed by atoms with E-state index in [1.165, 1.54) is 0 Å². The zero-order chi connectivity index (χ0) is 10.9. The fourth-order valence-corrected chi connectivity index (χ4v) is 1.91. The van der Waals surface area contributed by atoms with Gasteiger partial charge in [0.25, 0.3) is 0 Å². The van der Waals surface area contributed by atoms with Crippen molar-refractivity contribution in [1.29, 1.82) is 0 Å². The molecule has 1 aromatic rings. The molecule has 0 aromatic carbocycles. The Labute approximate surface area is 103 Å². The minimum absolute atomic E-state index is 0. The summed E-state index contributed by atoms with van der Waals surface area (Å²) in [6.45, 7) is 8.45. The summed E-state index contributed by atoms with van der Waals surface area (Å²) in [5.41, 5.74) is 0.0748. The summed E-state index contributed by atoms with van der Waals surface area (Å²) < 4.78 is 5.38. The van der Waals surface area contributed by atoms with Gasteiger partial charge in [-0.05, 0) is 25.9 Å². The van der Waals surface area contributed by atoms with Gasteiger partial charge in [0.15, 0.2) is 5.82 Å². The molecular weight excluding hydrogens is 226 g/mol. The van der Waals surface area contributed by atoms with Crippen molar-refractivity contribution in [1.82, 2.24) is 15.5 Å². The quantitative estimate of drug-likeness (QED) is 0.869. The fraction of sp³-hybridized carbons (Fsp3) is 0.818. The summed E-state index contributed by atoms with van der Waals surface area (Å²) in [7, 11) is 0. The van der Waals surface area contributed by atoms with Crippen LogP contribution in [0.1, 0.15) is 51.2 Å². The number of hydrogen-bond acceptors (Lipinski definition) is 4. The highest BCUT2D eigenvalue weighted by Crippen LogP contribution is 2.32. The Balaban J connectivity index is 0.00000128. The van der Waals surface area contributed by atoms with Crippen molar-refractivity contribution in [3.8, 4) is 0 Å². The van der Waals surface area contributed by atoms with E-state index in [-0.39, 0.29) is 17.8 Å². The normalized spacial score (nSPS) is 19.5. The third-order valence-corrected chi connectivity index (χ3v) is 3.18. The zero-order valence-corrected chi connectivity index (χ0v) is 10.9. The van der Waals surface area contributed by atoms with Crippen molar-refractivity contribution in [2.45, 2.75) is 44.9 Å². The van der Waals surface area contributed by atoms with Crippen molar-refractivity contribution < 1.29 is 4.52 Å². The predicted molar refractivity (Wildman–Crippen MR) is 65.1 cm³/mol. The first-order valence-electron chi connectivity index (χ1n) is 5.67. The monoisotopic (exact) mass is 245 g/mol. The number of nitrogens with one attached hydrogen (secondary N) is 1. The lowest BCUT2D eigenvalue weighted by molar-refractivity contribution is 0.240. The standard InChI is InChI=1S/C11H19N3O.ClH/c1-8(2)9-13-10(15-14-9)11(3)4-6-12-7-5-11;/h8,12H,4-7H2,1-3H3;1H. The largest absolute Gasteiger partial charge is 0.339 e. The van der Waals surface area contributed by atoms with E-state index in [1.807, 2.05) is 0 Å². The van der Waals surface area contributed by atoms with Crippen molar-refractivity contribution in [2.75, 3.05) is 13.1 Å². The topological polar surface area (TPSA) is 51.0 Å². The van der Waals surface area contributed by atoms with E-state index in [4.69, 9.17) is 4.52 Å². The van der Waals surface area contributed by atoms with E-state index in [9.17, 15) is 0 Å². The molecule has 0 saturated carbocycles. The summed E-state index contributed by atoms with van der Waals surface area (Å²) in [5.74, 6) is 1.98. The number of piperidine rings is 1. The molecule has 1 saturated heterocycles. The third-order valence-electron chi connectivity index (χ3n) is 3.18. The van der Waals surface area contributed by atoms with Gasteiger partial charge in [-0.1, -0.05) is 25.9 Å². The lowest BCUT2D eigenvalue weighted by Crippen LogP contribution is -2.37. The van der Waals surface area contributed by atoms with Crippen molar-refractivity contribution in [3.05, 3.63) is 11.7 Å². The van der Waals surface area contributed by atoms with Crippen LogP contribution in [0.25, 0.3) is 0 Å². The van der Waals surface area contributed by atoms with Crippen LogP contribution in [0.4, 0.5) is 0 Å². The number of halogens is 1. The Morgan fingerprint density at radius 1 is 1.31 bits per heavy atom. The molecule has 0 spiro atoms. The van der Waals surface area contributed by atoms with Gasteiger partial charge in [0, 0.05) is 11.3 Å². The Morgan fingerprint density at radius 3 is 2.44 bits per heavy atom. The Bertz CT molecular complexity index is 332. The van der Waals surface area contributed by atoms with E-state index in [1.54, 1.807) is 0 Å². The van der Waals surface area contributed by atoms with Crippen LogP contribution in [0.3, 0.4) is 0 Å². The van der Waals surface area contributed by atoms with Crippen LogP contribution in [0.5, 0.6) is 0 Å². The van der Waals surface area contributed by atoms with Gasteiger partial charge >= 0.3 is 0 Å². The molecule has 0 amide bonds. The minimum atomic E-state index is 0. The second kappa shape index (κ2) is 5.15. The number of nitrogens with zero attached hydrogens (tertiary/aromatic N) is 2. The molecule has 0 aliphatic carbocycles. The smallest absolute Gasteiger partial charge is 0.232 e. The first kappa shape index (κ1) is 13.5. The molecule has 4 nitrogen and oxygen atoms in total. The lowest BCUT2D eigenvalue weighted by Gasteiger charge is -2.30. The molecular formula is C11H20ClN3O. The number of rotatable bonds is 2. The molecule has 0 atom stereocenters. The summed E-state index contributed by atoms with van der Waals surface area (Å²) in [6.07, 6.45) is 2.15. The molecule has 0 bridgehead atoms. The zero-order valence-electron chi connectivity index (χ0n) is 10.1. The lowest BCUT2D eigenvalue weighted by atomic mass is 9.81. The van der Waals surface area contributed by atoms with Gasteiger partial charge < -0.3 is 9.84 Å². The van der Waals surface area contributed by atoms with E-state index in [2.05, 4.69) is 36.2 Å². The van der Waals surface area contributed by atoms with Gasteiger partial charge in [-0.3, -0.25) is 0 Å². The molecule has 1 aliphatic heterocycles. The van der Waals surface area contributed by atoms with Gasteiger partial charge in [0.05, 0.1) is 0 Å². The Hall–Kier alpha value is -0.610. The molecule has 1 N–H and O–H groups in total. The average molecular weight is 246 g/mol. The minimum Gasteiger partial charge on any atom is -0.339 e. The summed E-state index contributed by atoms with van der Waals surface area (Å²) in [5, 5.41) is 7.38. The average Bonchev–Trinajstić information content (AvgIpc) is 2.68. The molecule has 1 aromatic heterocycles. The molecule has 2 heterocycles. The molecule has 92 valence electrons. The Morgan fingerprint density at radius 2 is 1.94 bits per heavy atom. The van der Waals surface area contributed by atoms with Crippen LogP contribution in [0.15, 0.2) is 4.52 Å². The molecule has 0 radical (unpaired) electrons. The van der Waals surface area contributed by atoms with Crippen molar-refractivity contribution in [2.24, 2.45) is 0 Å². The van der Waals surface area contributed by atoms with Crippen molar-refractivity contribution in [3.63, 3.8) is 0 Å². The highest BCUT2D eigenvalue weighted by Gasteiger charge is 2.34. The maximum atomic E-state index is 5.38. The molecule has 1 aliphatic rings. The van der Waals surface area contributed by atoms with E-state index >= 15 is 0 Å². The summed E-state index contributed by atoms with van der Waals surface area (Å²) >= 11 is 0. The molecule has 5 heteroatoms. The first-order valence-corrected chi connectivity index (χ1v) is 5.67. The maximum absolute atomic E-state index is 5.38. The molecule has 16 heavy (non-hydrogen) atoms. The summed E-state index contributed by atoms with van der Waals surface area (Å²) in [4.78, 5) is 4.50. The van der Waals surface area contributed by atoms with Crippen LogP contribution in [-0.2, 0) is 5.41 Å². The van der Waals surface area contributed by atoms with E-state index < -0.39 is 0 Å². The predicted octanol–water partition coefficient (Wildman–Crippen LogP) is 2.26. The van der Waals surface area contributed by atoms with Crippen LogP contribution < -0.4 is 5.32 Å². The van der Waals surface area contributed by atoms with Crippen LogP contribution in [0, 0.1) is 0 Å². The fourth-order valence-electron chi connectivity index (χ4n) is 1.91. The van der Waals surface area contributed by atoms with E-state index in [0.29, 0.717) is 5.92 Å². The Kier molecular flexibility index (Phi) is 4.33. The number of aromatic nitrogens is 2. The van der Waals surface area contributed by atoms with Crippen LogP contribution >= 0.6 is 12.4 Å². The van der Waals surface area contributed by atoms with E-state index in [0.717, 1.165) is 37.6 Å². The van der Waals surface area contributed by atoms with Gasteiger partial charge in [0.2, 0.25) is 5.89 Å². The number of hydrogen-bond donors (Lipinski definition) is 1. The molecule has 2 rings (SSSR count). The van der Waals surface area contributed by atoms with Gasteiger partial charge in [-0.25, -0.2) is 0 Å². The van der Waals surface area contributed by atoms with Gasteiger partial charge in [-0.15, -0.1) is 12.4 Å². The highest BCUT2D eigenvalue weighted by atomic mass is 35.5. The van der Waals surface area contributed by atoms with Crippen molar-refractivity contribution >= 4 is 12.4 Å². The van der Waals surface area contributed by atoms with Crippen LogP contribution in [0.2, 0.25) is 0 Å². The highest BCUT2D eigenvalue weighted by molar-refractivity contribution is 5.85. The second-order valence-corrected chi connectivity index (χ2v) is 4.92. The SMILES string of the molecule is CC(C)c1noc(C2(C)CCNCC2)n1.Cl. The first-order chi connectivity index (χ1) is 7.12. The maximum Gasteiger partial charge on any atom is 0.232 e. The van der Waals surface area contributed by atoms with Gasteiger partial charge in [-0.2, -0.15) is 4.98 Å². The van der Waals surface area contributed by atoms with Crippen LogP contribution in [-0.4, -0.2) is 23.2 Å².